The number of hydrogen-bond acceptors (Lipinski definition) is 7. The Labute approximate surface area is 173 Å². The van der Waals surface area contributed by atoms with E-state index in [-0.39, 0.29) is 12.2 Å². The standard InChI is InChI=1S/C20H22N6O4/c1-13-19(23-25-26(13)14-7-6-8-15(11-14)29-2)20(28)24-22-18(27)12-21-16-9-4-5-10-17(16)30-3/h4-11,21H,12H2,1-3H3,(H,22,27)(H,24,28). The Bertz CT molecular complexity index is 1050. The second-order valence-corrected chi connectivity index (χ2v) is 6.19. The number of methoxy groups -OCH3 is 2. The molecule has 0 fully saturated rings. The monoisotopic (exact) mass is 410 g/mol. The van der Waals surface area contributed by atoms with E-state index in [2.05, 4.69) is 26.5 Å². The maximum Gasteiger partial charge on any atom is 0.292 e. The van der Waals surface area contributed by atoms with Crippen molar-refractivity contribution in [2.75, 3.05) is 26.1 Å². The molecule has 3 aromatic rings. The first kappa shape index (κ1) is 20.6. The highest BCUT2D eigenvalue weighted by Gasteiger charge is 2.18. The largest absolute Gasteiger partial charge is 0.497 e. The second kappa shape index (κ2) is 9.41. The highest BCUT2D eigenvalue weighted by atomic mass is 16.5. The molecule has 3 rings (SSSR count). The first-order valence-corrected chi connectivity index (χ1v) is 9.06. The average molecular weight is 410 g/mol. The highest BCUT2D eigenvalue weighted by Crippen LogP contribution is 2.22. The van der Waals surface area contributed by atoms with Gasteiger partial charge >= 0.3 is 0 Å². The second-order valence-electron chi connectivity index (χ2n) is 6.19. The quantitative estimate of drug-likeness (QED) is 0.505. The van der Waals surface area contributed by atoms with Gasteiger partial charge in [0.25, 0.3) is 11.8 Å². The van der Waals surface area contributed by atoms with E-state index in [0.717, 1.165) is 0 Å². The zero-order valence-corrected chi connectivity index (χ0v) is 16.8. The Morgan fingerprint density at radius 3 is 2.60 bits per heavy atom. The maximum absolute atomic E-state index is 12.4. The summed E-state index contributed by atoms with van der Waals surface area (Å²) in [5, 5.41) is 10.9. The number of hydrogen-bond donors (Lipinski definition) is 3. The lowest BCUT2D eigenvalue weighted by Crippen LogP contribution is -2.44. The summed E-state index contributed by atoms with van der Waals surface area (Å²) in [5.74, 6) is 0.252. The number of aromatic nitrogens is 3. The number of ether oxygens (including phenoxy) is 2. The third-order valence-electron chi connectivity index (χ3n) is 4.27. The predicted octanol–water partition coefficient (Wildman–Crippen LogP) is 1.47. The van der Waals surface area contributed by atoms with Crippen molar-refractivity contribution in [1.82, 2.24) is 25.8 Å². The minimum atomic E-state index is -0.577. The normalized spacial score (nSPS) is 10.2. The average Bonchev–Trinajstić information content (AvgIpc) is 3.17. The van der Waals surface area contributed by atoms with Gasteiger partial charge in [-0.2, -0.15) is 0 Å². The summed E-state index contributed by atoms with van der Waals surface area (Å²) in [5.41, 5.74) is 6.66. The van der Waals surface area contributed by atoms with Crippen molar-refractivity contribution < 1.29 is 19.1 Å². The van der Waals surface area contributed by atoms with Gasteiger partial charge in [0.1, 0.15) is 11.5 Å². The van der Waals surface area contributed by atoms with Crippen LogP contribution >= 0.6 is 0 Å². The van der Waals surface area contributed by atoms with Crippen molar-refractivity contribution in [3.63, 3.8) is 0 Å². The number of carbonyl (C=O) groups is 2. The van der Waals surface area contributed by atoms with E-state index in [4.69, 9.17) is 9.47 Å². The number of para-hydroxylation sites is 2. The number of benzene rings is 2. The number of carbonyl (C=O) groups excluding carboxylic acids is 2. The first-order valence-electron chi connectivity index (χ1n) is 9.06. The Morgan fingerprint density at radius 1 is 1.03 bits per heavy atom. The highest BCUT2D eigenvalue weighted by molar-refractivity contribution is 5.95. The summed E-state index contributed by atoms with van der Waals surface area (Å²) < 4.78 is 11.9. The van der Waals surface area contributed by atoms with Crippen LogP contribution in [0.25, 0.3) is 5.69 Å². The summed E-state index contributed by atoms with van der Waals surface area (Å²) in [4.78, 5) is 24.5. The van der Waals surface area contributed by atoms with E-state index in [9.17, 15) is 9.59 Å². The first-order chi connectivity index (χ1) is 14.5. The molecule has 0 aliphatic rings. The lowest BCUT2D eigenvalue weighted by atomic mass is 10.2. The third-order valence-corrected chi connectivity index (χ3v) is 4.27. The molecule has 0 spiro atoms. The van der Waals surface area contributed by atoms with Crippen LogP contribution in [0.3, 0.4) is 0 Å². The zero-order valence-electron chi connectivity index (χ0n) is 16.8. The van der Waals surface area contributed by atoms with Gasteiger partial charge in [-0.3, -0.25) is 20.4 Å². The van der Waals surface area contributed by atoms with Crippen molar-refractivity contribution in [2.24, 2.45) is 0 Å². The van der Waals surface area contributed by atoms with Gasteiger partial charge in [-0.05, 0) is 31.2 Å². The van der Waals surface area contributed by atoms with Crippen LogP contribution in [0.2, 0.25) is 0 Å². The number of anilines is 1. The lowest BCUT2D eigenvalue weighted by Gasteiger charge is -2.11. The van der Waals surface area contributed by atoms with Gasteiger partial charge < -0.3 is 14.8 Å². The molecule has 10 heteroatoms. The molecule has 0 saturated carbocycles. The van der Waals surface area contributed by atoms with E-state index < -0.39 is 11.8 Å². The third kappa shape index (κ3) is 4.66. The molecule has 30 heavy (non-hydrogen) atoms. The zero-order chi connectivity index (χ0) is 21.5. The van der Waals surface area contributed by atoms with Crippen LogP contribution < -0.4 is 25.6 Å². The summed E-state index contributed by atoms with van der Waals surface area (Å²) in [6.07, 6.45) is 0. The van der Waals surface area contributed by atoms with Crippen molar-refractivity contribution in [3.8, 4) is 17.2 Å². The lowest BCUT2D eigenvalue weighted by molar-refractivity contribution is -0.120. The Morgan fingerprint density at radius 2 is 1.83 bits per heavy atom. The van der Waals surface area contributed by atoms with Gasteiger partial charge in [-0.15, -0.1) is 5.10 Å². The molecule has 1 aromatic heterocycles. The smallest absolute Gasteiger partial charge is 0.292 e. The molecule has 10 nitrogen and oxygen atoms in total. The topological polar surface area (TPSA) is 119 Å². The molecule has 0 aliphatic heterocycles. The summed E-state index contributed by atoms with van der Waals surface area (Å²) >= 11 is 0. The van der Waals surface area contributed by atoms with Crippen LogP contribution in [0, 0.1) is 6.92 Å². The minimum absolute atomic E-state index is 0.0594. The minimum Gasteiger partial charge on any atom is -0.497 e. The molecule has 0 atom stereocenters. The van der Waals surface area contributed by atoms with Crippen LogP contribution in [0.4, 0.5) is 5.69 Å². The molecule has 156 valence electrons. The summed E-state index contributed by atoms with van der Waals surface area (Å²) in [6, 6.07) is 14.4. The van der Waals surface area contributed by atoms with E-state index >= 15 is 0 Å². The molecule has 0 unspecified atom stereocenters. The molecule has 3 N–H and O–H groups in total. The van der Waals surface area contributed by atoms with E-state index in [1.807, 2.05) is 24.3 Å². The SMILES string of the molecule is COc1cccc(-n2nnc(C(=O)NNC(=O)CNc3ccccc3OC)c2C)c1. The molecule has 0 saturated heterocycles. The van der Waals surface area contributed by atoms with Crippen molar-refractivity contribution >= 4 is 17.5 Å². The maximum atomic E-state index is 12.4. The summed E-state index contributed by atoms with van der Waals surface area (Å²) in [7, 11) is 3.11. The molecule has 2 aromatic carbocycles. The van der Waals surface area contributed by atoms with Gasteiger partial charge in [-0.1, -0.05) is 23.4 Å². The van der Waals surface area contributed by atoms with Gasteiger partial charge in [0.05, 0.1) is 37.8 Å². The van der Waals surface area contributed by atoms with Gasteiger partial charge in [0.15, 0.2) is 5.69 Å². The number of nitrogens with zero attached hydrogens (tertiary/aromatic N) is 3. The van der Waals surface area contributed by atoms with E-state index in [1.54, 1.807) is 45.4 Å². The van der Waals surface area contributed by atoms with Gasteiger partial charge in [0.2, 0.25) is 0 Å². The van der Waals surface area contributed by atoms with Gasteiger partial charge in [0, 0.05) is 6.07 Å². The molecule has 1 heterocycles. The molecule has 2 amide bonds. The van der Waals surface area contributed by atoms with E-state index in [1.165, 1.54) is 4.68 Å². The Hall–Kier alpha value is -4.08. The number of nitrogens with one attached hydrogen (secondary N) is 3. The van der Waals surface area contributed by atoms with Crippen LogP contribution in [-0.4, -0.2) is 47.6 Å². The van der Waals surface area contributed by atoms with Crippen molar-refractivity contribution in [3.05, 3.63) is 59.9 Å². The number of rotatable bonds is 7. The Balaban J connectivity index is 1.58. The van der Waals surface area contributed by atoms with Crippen LogP contribution in [-0.2, 0) is 4.79 Å². The summed E-state index contributed by atoms with van der Waals surface area (Å²) in [6.45, 7) is 1.65. The Kier molecular flexibility index (Phi) is 6.48. The molecule has 0 bridgehead atoms. The molecule has 0 aliphatic carbocycles. The van der Waals surface area contributed by atoms with Crippen LogP contribution in [0.1, 0.15) is 16.2 Å². The fourth-order valence-corrected chi connectivity index (χ4v) is 2.72. The van der Waals surface area contributed by atoms with Gasteiger partial charge in [-0.25, -0.2) is 4.68 Å². The number of amides is 2. The predicted molar refractivity (Wildman–Crippen MR) is 110 cm³/mol. The van der Waals surface area contributed by atoms with E-state index in [0.29, 0.717) is 28.6 Å². The van der Waals surface area contributed by atoms with Crippen LogP contribution in [0.15, 0.2) is 48.5 Å². The fraction of sp³-hybridized carbons (Fsp3) is 0.200. The van der Waals surface area contributed by atoms with Crippen molar-refractivity contribution in [1.29, 1.82) is 0 Å². The molecular formula is C20H22N6O4. The molecule has 0 radical (unpaired) electrons. The van der Waals surface area contributed by atoms with Crippen LogP contribution in [0.5, 0.6) is 11.5 Å². The van der Waals surface area contributed by atoms with Crippen molar-refractivity contribution in [2.45, 2.75) is 6.92 Å². The fourth-order valence-electron chi connectivity index (χ4n) is 2.72. The molecular weight excluding hydrogens is 388 g/mol. The number of hydrazine groups is 1.